The van der Waals surface area contributed by atoms with Crippen molar-refractivity contribution in [2.45, 2.75) is 32.7 Å². The third kappa shape index (κ3) is 3.29. The van der Waals surface area contributed by atoms with Gasteiger partial charge in [0.1, 0.15) is 6.54 Å². The summed E-state index contributed by atoms with van der Waals surface area (Å²) in [5.74, 6) is -0.487. The summed E-state index contributed by atoms with van der Waals surface area (Å²) in [5.41, 5.74) is 7.74. The molecule has 0 bridgehead atoms. The zero-order valence-corrected chi connectivity index (χ0v) is 11.9. The summed E-state index contributed by atoms with van der Waals surface area (Å²) in [6, 6.07) is 5.34. The minimum absolute atomic E-state index is 0.0150. The van der Waals surface area contributed by atoms with Crippen molar-refractivity contribution in [1.82, 2.24) is 4.90 Å². The van der Waals surface area contributed by atoms with E-state index in [1.54, 1.807) is 30.0 Å². The van der Waals surface area contributed by atoms with Crippen LogP contribution in [0, 0.1) is 6.92 Å². The van der Waals surface area contributed by atoms with E-state index >= 15 is 0 Å². The Morgan fingerprint density at radius 1 is 1.40 bits per heavy atom. The van der Waals surface area contributed by atoms with Crippen molar-refractivity contribution in [2.24, 2.45) is 0 Å². The summed E-state index contributed by atoms with van der Waals surface area (Å²) in [4.78, 5) is 25.8. The fraction of sp³-hybridized carbons (Fsp3) is 0.467. The molecule has 5 heteroatoms. The summed E-state index contributed by atoms with van der Waals surface area (Å²) >= 11 is 0. The average molecular weight is 276 g/mol. The molecule has 1 saturated carbocycles. The molecule has 1 fully saturated rings. The molecule has 1 amide bonds. The number of esters is 1. The van der Waals surface area contributed by atoms with E-state index in [2.05, 4.69) is 0 Å². The first-order valence-corrected chi connectivity index (χ1v) is 6.85. The minimum atomic E-state index is -0.360. The molecule has 0 radical (unpaired) electrons. The quantitative estimate of drug-likeness (QED) is 0.657. The highest BCUT2D eigenvalue weighted by Gasteiger charge is 2.35. The van der Waals surface area contributed by atoms with E-state index < -0.39 is 0 Å². The summed E-state index contributed by atoms with van der Waals surface area (Å²) in [7, 11) is 0. The zero-order chi connectivity index (χ0) is 14.7. The van der Waals surface area contributed by atoms with Gasteiger partial charge >= 0.3 is 5.97 Å². The Hall–Kier alpha value is -2.04. The molecule has 0 unspecified atom stereocenters. The number of anilines is 1. The molecule has 0 saturated heterocycles. The standard InChI is InChI=1S/C15H20N2O3/c1-3-20-14(18)9-17(12-5-6-12)15(19)13-7-4-11(16)8-10(13)2/h4,7-8,12H,3,5-6,9,16H2,1-2H3. The molecule has 0 aromatic heterocycles. The average Bonchev–Trinajstić information content (AvgIpc) is 3.20. The molecule has 0 spiro atoms. The van der Waals surface area contributed by atoms with Crippen LogP contribution < -0.4 is 5.73 Å². The highest BCUT2D eigenvalue weighted by Crippen LogP contribution is 2.29. The predicted octanol–water partition coefficient (Wildman–Crippen LogP) is 1.74. The number of hydrogen-bond acceptors (Lipinski definition) is 4. The van der Waals surface area contributed by atoms with Crippen LogP contribution in [0.1, 0.15) is 35.7 Å². The van der Waals surface area contributed by atoms with Crippen LogP contribution in [0.3, 0.4) is 0 Å². The first-order valence-electron chi connectivity index (χ1n) is 6.85. The molecular weight excluding hydrogens is 256 g/mol. The van der Waals surface area contributed by atoms with E-state index in [0.29, 0.717) is 17.9 Å². The Morgan fingerprint density at radius 2 is 2.10 bits per heavy atom. The van der Waals surface area contributed by atoms with E-state index in [4.69, 9.17) is 10.5 Å². The third-order valence-electron chi connectivity index (χ3n) is 3.33. The Labute approximate surface area is 118 Å². The van der Waals surface area contributed by atoms with Gasteiger partial charge in [-0.3, -0.25) is 9.59 Å². The maximum atomic E-state index is 12.6. The lowest BCUT2D eigenvalue weighted by atomic mass is 10.1. The predicted molar refractivity (Wildman–Crippen MR) is 76.3 cm³/mol. The highest BCUT2D eigenvalue weighted by atomic mass is 16.5. The van der Waals surface area contributed by atoms with Crippen molar-refractivity contribution in [1.29, 1.82) is 0 Å². The van der Waals surface area contributed by atoms with Gasteiger partial charge in [-0.25, -0.2) is 0 Å². The van der Waals surface area contributed by atoms with E-state index in [1.165, 1.54) is 0 Å². The number of carbonyl (C=O) groups excluding carboxylic acids is 2. The molecule has 2 N–H and O–H groups in total. The molecule has 108 valence electrons. The van der Waals surface area contributed by atoms with Crippen molar-refractivity contribution >= 4 is 17.6 Å². The van der Waals surface area contributed by atoms with Crippen LogP contribution in [-0.4, -0.2) is 36.0 Å². The fourth-order valence-electron chi connectivity index (χ4n) is 2.18. The molecule has 0 aliphatic heterocycles. The van der Waals surface area contributed by atoms with Gasteiger partial charge < -0.3 is 15.4 Å². The van der Waals surface area contributed by atoms with E-state index in [1.807, 2.05) is 6.92 Å². The van der Waals surface area contributed by atoms with Crippen LogP contribution in [0.5, 0.6) is 0 Å². The van der Waals surface area contributed by atoms with E-state index in [-0.39, 0.29) is 24.5 Å². The molecule has 1 aromatic rings. The number of nitrogens with zero attached hydrogens (tertiary/aromatic N) is 1. The molecular formula is C15H20N2O3. The first kappa shape index (κ1) is 14.4. The topological polar surface area (TPSA) is 72.6 Å². The Morgan fingerprint density at radius 3 is 2.65 bits per heavy atom. The molecule has 1 aromatic carbocycles. The van der Waals surface area contributed by atoms with Crippen LogP contribution in [-0.2, 0) is 9.53 Å². The number of rotatable bonds is 5. The van der Waals surface area contributed by atoms with Gasteiger partial charge in [-0.1, -0.05) is 0 Å². The van der Waals surface area contributed by atoms with Crippen LogP contribution in [0.15, 0.2) is 18.2 Å². The largest absolute Gasteiger partial charge is 0.465 e. The monoisotopic (exact) mass is 276 g/mol. The molecule has 1 aliphatic rings. The van der Waals surface area contributed by atoms with E-state index in [0.717, 1.165) is 18.4 Å². The lowest BCUT2D eigenvalue weighted by molar-refractivity contribution is -0.144. The second-order valence-corrected chi connectivity index (χ2v) is 5.04. The molecule has 0 atom stereocenters. The molecule has 2 rings (SSSR count). The summed E-state index contributed by atoms with van der Waals surface area (Å²) in [5, 5.41) is 0. The summed E-state index contributed by atoms with van der Waals surface area (Å²) < 4.78 is 4.93. The lowest BCUT2D eigenvalue weighted by Gasteiger charge is -2.22. The number of nitrogen functional groups attached to an aromatic ring is 1. The maximum absolute atomic E-state index is 12.6. The van der Waals surface area contributed by atoms with Gasteiger partial charge in [0, 0.05) is 17.3 Å². The Bertz CT molecular complexity index is 524. The van der Waals surface area contributed by atoms with Gasteiger partial charge in [0.25, 0.3) is 5.91 Å². The van der Waals surface area contributed by atoms with Crippen LogP contribution in [0.2, 0.25) is 0 Å². The Balaban J connectivity index is 2.16. The Kier molecular flexibility index (Phi) is 4.27. The van der Waals surface area contributed by atoms with Crippen molar-refractivity contribution in [3.8, 4) is 0 Å². The van der Waals surface area contributed by atoms with Gasteiger partial charge in [0.15, 0.2) is 0 Å². The number of amides is 1. The molecule has 20 heavy (non-hydrogen) atoms. The lowest BCUT2D eigenvalue weighted by Crippen LogP contribution is -2.38. The third-order valence-corrected chi connectivity index (χ3v) is 3.33. The second-order valence-electron chi connectivity index (χ2n) is 5.04. The zero-order valence-electron chi connectivity index (χ0n) is 11.9. The van der Waals surface area contributed by atoms with Gasteiger partial charge in [-0.2, -0.15) is 0 Å². The fourth-order valence-corrected chi connectivity index (χ4v) is 2.18. The van der Waals surface area contributed by atoms with Crippen LogP contribution in [0.25, 0.3) is 0 Å². The van der Waals surface area contributed by atoms with Crippen LogP contribution >= 0.6 is 0 Å². The number of nitrogens with two attached hydrogens (primary N) is 1. The van der Waals surface area contributed by atoms with Crippen LogP contribution in [0.4, 0.5) is 5.69 Å². The minimum Gasteiger partial charge on any atom is -0.465 e. The summed E-state index contributed by atoms with van der Waals surface area (Å²) in [6.07, 6.45) is 1.89. The molecule has 5 nitrogen and oxygen atoms in total. The van der Waals surface area contributed by atoms with E-state index in [9.17, 15) is 9.59 Å². The van der Waals surface area contributed by atoms with Gasteiger partial charge in [0.05, 0.1) is 6.61 Å². The first-order chi connectivity index (χ1) is 9.52. The maximum Gasteiger partial charge on any atom is 0.325 e. The molecule has 0 heterocycles. The van der Waals surface area contributed by atoms with Crippen molar-refractivity contribution in [3.05, 3.63) is 29.3 Å². The number of hydrogen-bond donors (Lipinski definition) is 1. The van der Waals surface area contributed by atoms with Crippen molar-refractivity contribution in [3.63, 3.8) is 0 Å². The normalized spacial score (nSPS) is 13.9. The number of ether oxygens (including phenoxy) is 1. The van der Waals surface area contributed by atoms with Gasteiger partial charge in [0.2, 0.25) is 0 Å². The molecule has 1 aliphatic carbocycles. The SMILES string of the molecule is CCOC(=O)CN(C(=O)c1ccc(N)cc1C)C1CC1. The second kappa shape index (κ2) is 5.94. The van der Waals surface area contributed by atoms with Gasteiger partial charge in [-0.15, -0.1) is 0 Å². The summed E-state index contributed by atoms with van der Waals surface area (Å²) in [6.45, 7) is 3.94. The number of aryl methyl sites for hydroxylation is 1. The smallest absolute Gasteiger partial charge is 0.325 e. The number of benzene rings is 1. The van der Waals surface area contributed by atoms with Gasteiger partial charge in [-0.05, 0) is 50.5 Å². The highest BCUT2D eigenvalue weighted by molar-refractivity contribution is 5.98. The van der Waals surface area contributed by atoms with Crippen molar-refractivity contribution in [2.75, 3.05) is 18.9 Å². The van der Waals surface area contributed by atoms with Crippen molar-refractivity contribution < 1.29 is 14.3 Å². The number of carbonyl (C=O) groups is 2.